The van der Waals surface area contributed by atoms with E-state index in [1.165, 1.54) is 11.3 Å². The molecule has 0 spiro atoms. The largest absolute Gasteiger partial charge is 0.474 e. The molecule has 1 atom stereocenters. The Morgan fingerprint density at radius 3 is 2.57 bits per heavy atom. The van der Waals surface area contributed by atoms with Gasteiger partial charge in [0.05, 0.1) is 15.2 Å². The van der Waals surface area contributed by atoms with Crippen LogP contribution in [0.4, 0.5) is 4.39 Å². The zero-order chi connectivity index (χ0) is 19.8. The third-order valence-corrected chi connectivity index (χ3v) is 6.25. The second-order valence-electron chi connectivity index (χ2n) is 7.50. The summed E-state index contributed by atoms with van der Waals surface area (Å²) >= 11 is 1.53. The number of piperidine rings is 1. The van der Waals surface area contributed by atoms with Crippen LogP contribution in [-0.4, -0.2) is 39.0 Å². The van der Waals surface area contributed by atoms with Gasteiger partial charge in [-0.05, 0) is 52.7 Å². The van der Waals surface area contributed by atoms with E-state index >= 15 is 0 Å². The topological polar surface area (TPSA) is 51.1 Å². The van der Waals surface area contributed by atoms with Gasteiger partial charge in [-0.1, -0.05) is 0 Å². The Kier molecular flexibility index (Phi) is 5.29. The van der Waals surface area contributed by atoms with Crippen molar-refractivity contribution >= 4 is 21.6 Å². The third-order valence-electron chi connectivity index (χ3n) is 5.32. The molecule has 0 aliphatic carbocycles. The van der Waals surface area contributed by atoms with Crippen molar-refractivity contribution in [3.05, 3.63) is 46.1 Å². The molecule has 3 heterocycles. The van der Waals surface area contributed by atoms with Gasteiger partial charge in [0.15, 0.2) is 0 Å². The van der Waals surface area contributed by atoms with Crippen LogP contribution in [0.25, 0.3) is 10.2 Å². The molecular formula is C21H25FN4OS. The Morgan fingerprint density at radius 2 is 1.86 bits per heavy atom. The highest BCUT2D eigenvalue weighted by molar-refractivity contribution is 7.18. The van der Waals surface area contributed by atoms with Gasteiger partial charge in [0.1, 0.15) is 17.7 Å². The molecule has 5 nitrogen and oxygen atoms in total. The molecule has 1 fully saturated rings. The molecule has 148 valence electrons. The lowest BCUT2D eigenvalue weighted by molar-refractivity contribution is 0.0757. The molecule has 1 unspecified atom stereocenters. The van der Waals surface area contributed by atoms with E-state index in [1.807, 2.05) is 32.9 Å². The Balaban J connectivity index is 1.42. The van der Waals surface area contributed by atoms with Gasteiger partial charge in [0.2, 0.25) is 5.88 Å². The first kappa shape index (κ1) is 19.2. The summed E-state index contributed by atoms with van der Waals surface area (Å²) in [5.74, 6) is 1.23. The highest BCUT2D eigenvalue weighted by Gasteiger charge is 2.27. The molecule has 1 aromatic carbocycles. The Hall–Kier alpha value is -2.12. The predicted octanol–water partition coefficient (Wildman–Crippen LogP) is 4.76. The SMILES string of the molecule is Cc1cc(OC2CCN(C(C)c3cc4nc(C)sc4cc3F)CC2)nc(C)n1. The van der Waals surface area contributed by atoms with Crippen molar-refractivity contribution < 1.29 is 9.13 Å². The van der Waals surface area contributed by atoms with Gasteiger partial charge in [-0.2, -0.15) is 4.98 Å². The number of nitrogens with zero attached hydrogens (tertiary/aromatic N) is 4. The number of halogens is 1. The third kappa shape index (κ3) is 4.00. The fraction of sp³-hybridized carbons (Fsp3) is 0.476. The highest BCUT2D eigenvalue weighted by Crippen LogP contribution is 2.32. The van der Waals surface area contributed by atoms with Crippen molar-refractivity contribution in [2.45, 2.75) is 52.7 Å². The highest BCUT2D eigenvalue weighted by atomic mass is 32.1. The van der Waals surface area contributed by atoms with Crippen LogP contribution in [0.2, 0.25) is 0 Å². The molecule has 7 heteroatoms. The average molecular weight is 401 g/mol. The maximum atomic E-state index is 14.7. The summed E-state index contributed by atoms with van der Waals surface area (Å²) in [6.07, 6.45) is 1.92. The maximum absolute atomic E-state index is 14.7. The van der Waals surface area contributed by atoms with Crippen LogP contribution in [-0.2, 0) is 0 Å². The molecule has 1 aliphatic rings. The minimum atomic E-state index is -0.144. The van der Waals surface area contributed by atoms with E-state index in [0.29, 0.717) is 5.88 Å². The van der Waals surface area contributed by atoms with E-state index in [-0.39, 0.29) is 18.0 Å². The van der Waals surface area contributed by atoms with Gasteiger partial charge < -0.3 is 4.74 Å². The Labute approximate surface area is 168 Å². The minimum absolute atomic E-state index is 0.0101. The molecule has 1 saturated heterocycles. The van der Waals surface area contributed by atoms with Gasteiger partial charge in [-0.15, -0.1) is 11.3 Å². The monoisotopic (exact) mass is 400 g/mol. The second kappa shape index (κ2) is 7.72. The first-order chi connectivity index (χ1) is 13.4. The normalized spacial score (nSPS) is 17.2. The molecule has 28 heavy (non-hydrogen) atoms. The van der Waals surface area contributed by atoms with Crippen LogP contribution in [0.3, 0.4) is 0 Å². The molecular weight excluding hydrogens is 375 g/mol. The number of thiazole rings is 1. The van der Waals surface area contributed by atoms with Crippen LogP contribution in [0.15, 0.2) is 18.2 Å². The lowest BCUT2D eigenvalue weighted by Crippen LogP contribution is -2.40. The number of fused-ring (bicyclic) bond motifs is 1. The van der Waals surface area contributed by atoms with Crippen LogP contribution < -0.4 is 4.74 Å². The van der Waals surface area contributed by atoms with Crippen LogP contribution in [0.1, 0.15) is 47.9 Å². The first-order valence-corrected chi connectivity index (χ1v) is 10.5. The van der Waals surface area contributed by atoms with Crippen molar-refractivity contribution in [1.82, 2.24) is 19.9 Å². The number of ether oxygens (including phenoxy) is 1. The number of hydrogen-bond acceptors (Lipinski definition) is 6. The minimum Gasteiger partial charge on any atom is -0.474 e. The average Bonchev–Trinajstić information content (AvgIpc) is 2.99. The molecule has 1 aliphatic heterocycles. The van der Waals surface area contributed by atoms with E-state index in [4.69, 9.17) is 4.74 Å². The van der Waals surface area contributed by atoms with E-state index in [1.54, 1.807) is 6.07 Å². The number of likely N-dealkylation sites (tertiary alicyclic amines) is 1. The summed E-state index contributed by atoms with van der Waals surface area (Å²) in [4.78, 5) is 15.5. The molecule has 0 saturated carbocycles. The van der Waals surface area contributed by atoms with Crippen molar-refractivity contribution in [2.24, 2.45) is 0 Å². The molecule has 0 N–H and O–H groups in total. The van der Waals surface area contributed by atoms with E-state index in [9.17, 15) is 4.39 Å². The zero-order valence-corrected chi connectivity index (χ0v) is 17.5. The quantitative estimate of drug-likeness (QED) is 0.632. The number of benzene rings is 1. The van der Waals surface area contributed by atoms with Gasteiger partial charge in [-0.25, -0.2) is 14.4 Å². The molecule has 0 radical (unpaired) electrons. The summed E-state index contributed by atoms with van der Waals surface area (Å²) in [6, 6.07) is 5.42. The number of aryl methyl sites for hydroxylation is 3. The second-order valence-corrected chi connectivity index (χ2v) is 8.73. The standard InChI is InChI=1S/C21H25FN4OS/c1-12-9-21(24-14(3)23-12)27-16-5-7-26(8-6-16)13(2)17-10-19-20(11-18(17)22)28-15(4)25-19/h9-11,13,16H,5-8H2,1-4H3. The molecule has 3 aromatic rings. The van der Waals surface area contributed by atoms with Crippen molar-refractivity contribution in [2.75, 3.05) is 13.1 Å². The van der Waals surface area contributed by atoms with E-state index < -0.39 is 0 Å². The summed E-state index contributed by atoms with van der Waals surface area (Å²) in [5.41, 5.74) is 2.52. The van der Waals surface area contributed by atoms with Gasteiger partial charge in [-0.3, -0.25) is 4.90 Å². The van der Waals surface area contributed by atoms with E-state index in [0.717, 1.165) is 58.2 Å². The van der Waals surface area contributed by atoms with Crippen molar-refractivity contribution in [1.29, 1.82) is 0 Å². The smallest absolute Gasteiger partial charge is 0.217 e. The molecule has 2 aromatic heterocycles. The first-order valence-electron chi connectivity index (χ1n) is 9.68. The number of hydrogen-bond donors (Lipinski definition) is 0. The summed E-state index contributed by atoms with van der Waals surface area (Å²) in [7, 11) is 0. The lowest BCUT2D eigenvalue weighted by atomic mass is 10.0. The zero-order valence-electron chi connectivity index (χ0n) is 16.7. The fourth-order valence-corrected chi connectivity index (χ4v) is 4.73. The molecule has 0 bridgehead atoms. The van der Waals surface area contributed by atoms with Gasteiger partial charge in [0.25, 0.3) is 0 Å². The van der Waals surface area contributed by atoms with Crippen molar-refractivity contribution in [3.63, 3.8) is 0 Å². The summed E-state index contributed by atoms with van der Waals surface area (Å²) in [5, 5.41) is 0.965. The number of aromatic nitrogens is 3. The van der Waals surface area contributed by atoms with Gasteiger partial charge >= 0.3 is 0 Å². The number of rotatable bonds is 4. The Morgan fingerprint density at radius 1 is 1.11 bits per heavy atom. The summed E-state index contributed by atoms with van der Waals surface area (Å²) < 4.78 is 21.7. The Bertz CT molecular complexity index is 977. The van der Waals surface area contributed by atoms with Crippen LogP contribution in [0, 0.1) is 26.6 Å². The maximum Gasteiger partial charge on any atom is 0.217 e. The van der Waals surface area contributed by atoms with Crippen LogP contribution >= 0.6 is 11.3 Å². The molecule has 4 rings (SSSR count). The fourth-order valence-electron chi connectivity index (χ4n) is 3.89. The molecule has 0 amide bonds. The van der Waals surface area contributed by atoms with E-state index in [2.05, 4.69) is 26.8 Å². The predicted molar refractivity (Wildman–Crippen MR) is 109 cm³/mol. The van der Waals surface area contributed by atoms with Crippen molar-refractivity contribution in [3.8, 4) is 5.88 Å². The summed E-state index contributed by atoms with van der Waals surface area (Å²) in [6.45, 7) is 9.57. The van der Waals surface area contributed by atoms with Gasteiger partial charge in [0, 0.05) is 36.5 Å². The lowest BCUT2D eigenvalue weighted by Gasteiger charge is -2.36. The van der Waals surface area contributed by atoms with Crippen LogP contribution in [0.5, 0.6) is 5.88 Å².